The fourth-order valence-corrected chi connectivity index (χ4v) is 4.03. The molecule has 6 nitrogen and oxygen atoms in total. The summed E-state index contributed by atoms with van der Waals surface area (Å²) in [6.45, 7) is 16.6. The van der Waals surface area contributed by atoms with E-state index < -0.39 is 0 Å². The number of rotatable bonds is 8. The van der Waals surface area contributed by atoms with Crippen molar-refractivity contribution < 1.29 is 4.79 Å². The average Bonchev–Trinajstić information content (AvgIpc) is 2.86. The molecule has 1 aromatic rings. The topological polar surface area (TPSA) is 62.2 Å². The molecule has 1 aliphatic rings. The van der Waals surface area contributed by atoms with Gasteiger partial charge in [-0.05, 0) is 57.1 Å². The van der Waals surface area contributed by atoms with Gasteiger partial charge in [0.1, 0.15) is 0 Å². The van der Waals surface area contributed by atoms with Crippen molar-refractivity contribution in [3.63, 3.8) is 0 Å². The Morgan fingerprint density at radius 1 is 1.27 bits per heavy atom. The first kappa shape index (κ1) is 20.7. The highest BCUT2D eigenvalue weighted by molar-refractivity contribution is 5.73. The third-order valence-corrected chi connectivity index (χ3v) is 5.08. The number of nitrogens with one attached hydrogen (secondary N) is 2. The fourth-order valence-electron chi connectivity index (χ4n) is 4.03. The normalized spacial score (nSPS) is 22.2. The van der Waals surface area contributed by atoms with E-state index in [0.29, 0.717) is 12.5 Å². The molecule has 2 N–H and O–H groups in total. The molecule has 1 fully saturated rings. The summed E-state index contributed by atoms with van der Waals surface area (Å²) in [5.41, 5.74) is 2.21. The Morgan fingerprint density at radius 2 is 1.96 bits per heavy atom. The number of nitrogens with zero attached hydrogens (tertiary/aromatic N) is 3. The quantitative estimate of drug-likeness (QED) is 0.698. The smallest absolute Gasteiger partial charge is 0.314 e. The van der Waals surface area contributed by atoms with Gasteiger partial charge in [-0.2, -0.15) is 5.10 Å². The van der Waals surface area contributed by atoms with Crippen molar-refractivity contribution >= 4 is 6.03 Å². The molecule has 148 valence electrons. The second kappa shape index (κ2) is 9.95. The number of carbonyl (C=O) groups excluding carboxylic acids is 1. The second-order valence-corrected chi connectivity index (χ2v) is 8.41. The third kappa shape index (κ3) is 6.98. The van der Waals surface area contributed by atoms with Crippen molar-refractivity contribution in [2.75, 3.05) is 32.7 Å². The van der Waals surface area contributed by atoms with Crippen molar-refractivity contribution in [3.05, 3.63) is 17.5 Å². The molecule has 2 heterocycles. The van der Waals surface area contributed by atoms with Crippen molar-refractivity contribution in [2.45, 2.75) is 54.0 Å². The minimum Gasteiger partial charge on any atom is -0.338 e. The van der Waals surface area contributed by atoms with Gasteiger partial charge in [-0.1, -0.05) is 20.8 Å². The first-order valence-electron chi connectivity index (χ1n) is 10.1. The largest absolute Gasteiger partial charge is 0.338 e. The number of aromatic nitrogens is 2. The molecule has 6 heteroatoms. The van der Waals surface area contributed by atoms with Gasteiger partial charge in [0.05, 0.1) is 5.69 Å². The molecular weight excluding hydrogens is 326 g/mol. The monoisotopic (exact) mass is 363 g/mol. The number of likely N-dealkylation sites (tertiary alicyclic amines) is 1. The van der Waals surface area contributed by atoms with Gasteiger partial charge < -0.3 is 15.5 Å². The first-order chi connectivity index (χ1) is 12.3. The summed E-state index contributed by atoms with van der Waals surface area (Å²) in [6.07, 6.45) is 2.35. The van der Waals surface area contributed by atoms with E-state index in [1.165, 1.54) is 25.2 Å². The van der Waals surface area contributed by atoms with Crippen LogP contribution in [-0.2, 0) is 6.54 Å². The molecule has 3 atom stereocenters. The number of piperidine rings is 1. The Labute approximate surface area is 158 Å². The number of amides is 2. The molecule has 0 spiro atoms. The van der Waals surface area contributed by atoms with Crippen LogP contribution in [-0.4, -0.2) is 53.4 Å². The SMILES string of the molecule is Cc1cc(C)n(C[C@@H](C)CNC(=O)NCCCN2C[C@H](C)C[C@H](C)C2)n1. The molecule has 26 heavy (non-hydrogen) atoms. The zero-order valence-electron chi connectivity index (χ0n) is 17.2. The van der Waals surface area contributed by atoms with Crippen LogP contribution in [0.25, 0.3) is 0 Å². The van der Waals surface area contributed by atoms with Crippen LogP contribution >= 0.6 is 0 Å². The van der Waals surface area contributed by atoms with Crippen LogP contribution in [0.5, 0.6) is 0 Å². The molecule has 0 bridgehead atoms. The summed E-state index contributed by atoms with van der Waals surface area (Å²) < 4.78 is 2.01. The van der Waals surface area contributed by atoms with Crippen LogP contribution in [0.1, 0.15) is 45.0 Å². The van der Waals surface area contributed by atoms with Crippen molar-refractivity contribution in [2.24, 2.45) is 17.8 Å². The Morgan fingerprint density at radius 3 is 2.58 bits per heavy atom. The molecule has 0 saturated carbocycles. The first-order valence-corrected chi connectivity index (χ1v) is 10.1. The van der Waals surface area contributed by atoms with E-state index in [0.717, 1.165) is 43.6 Å². The summed E-state index contributed by atoms with van der Waals surface area (Å²) in [7, 11) is 0. The lowest BCUT2D eigenvalue weighted by atomic mass is 9.92. The van der Waals surface area contributed by atoms with Crippen molar-refractivity contribution in [1.82, 2.24) is 25.3 Å². The van der Waals surface area contributed by atoms with Crippen LogP contribution in [0.4, 0.5) is 4.79 Å². The third-order valence-electron chi connectivity index (χ3n) is 5.08. The van der Waals surface area contributed by atoms with E-state index in [1.54, 1.807) is 0 Å². The van der Waals surface area contributed by atoms with Crippen LogP contribution in [0.3, 0.4) is 0 Å². The van der Waals surface area contributed by atoms with Gasteiger partial charge in [0.15, 0.2) is 0 Å². The molecule has 0 radical (unpaired) electrons. The fraction of sp³-hybridized carbons (Fsp3) is 0.800. The Kier molecular flexibility index (Phi) is 7.94. The number of urea groups is 1. The van der Waals surface area contributed by atoms with Crippen LogP contribution < -0.4 is 10.6 Å². The minimum atomic E-state index is -0.0643. The van der Waals surface area contributed by atoms with E-state index in [2.05, 4.69) is 54.4 Å². The molecule has 2 amide bonds. The van der Waals surface area contributed by atoms with Gasteiger partial charge in [0, 0.05) is 38.4 Å². The van der Waals surface area contributed by atoms with Gasteiger partial charge in [0.2, 0.25) is 0 Å². The van der Waals surface area contributed by atoms with Gasteiger partial charge in [-0.25, -0.2) is 4.79 Å². The number of hydrogen-bond donors (Lipinski definition) is 2. The van der Waals surface area contributed by atoms with E-state index in [-0.39, 0.29) is 6.03 Å². The predicted molar refractivity (Wildman–Crippen MR) is 106 cm³/mol. The Bertz CT molecular complexity index is 561. The van der Waals surface area contributed by atoms with E-state index in [9.17, 15) is 4.79 Å². The molecule has 0 unspecified atom stereocenters. The van der Waals surface area contributed by atoms with E-state index >= 15 is 0 Å². The molecular formula is C20H37N5O. The minimum absolute atomic E-state index is 0.0643. The van der Waals surface area contributed by atoms with Gasteiger partial charge in [-0.15, -0.1) is 0 Å². The van der Waals surface area contributed by atoms with Crippen molar-refractivity contribution in [1.29, 1.82) is 0 Å². The maximum Gasteiger partial charge on any atom is 0.314 e. The lowest BCUT2D eigenvalue weighted by molar-refractivity contribution is 0.139. The van der Waals surface area contributed by atoms with Crippen LogP contribution in [0.15, 0.2) is 6.07 Å². The molecule has 0 aliphatic carbocycles. The molecule has 1 aromatic heterocycles. The maximum absolute atomic E-state index is 12.0. The average molecular weight is 364 g/mol. The van der Waals surface area contributed by atoms with E-state index in [1.807, 2.05) is 11.6 Å². The maximum atomic E-state index is 12.0. The van der Waals surface area contributed by atoms with Gasteiger partial charge in [0.25, 0.3) is 0 Å². The van der Waals surface area contributed by atoms with Crippen LogP contribution in [0, 0.1) is 31.6 Å². The highest BCUT2D eigenvalue weighted by atomic mass is 16.2. The number of hydrogen-bond acceptors (Lipinski definition) is 3. The Balaban J connectivity index is 1.56. The highest BCUT2D eigenvalue weighted by Crippen LogP contribution is 2.20. The zero-order valence-corrected chi connectivity index (χ0v) is 17.2. The summed E-state index contributed by atoms with van der Waals surface area (Å²) in [5, 5.41) is 10.4. The molecule has 0 aromatic carbocycles. The van der Waals surface area contributed by atoms with Gasteiger partial charge >= 0.3 is 6.03 Å². The number of aryl methyl sites for hydroxylation is 2. The molecule has 1 saturated heterocycles. The summed E-state index contributed by atoms with van der Waals surface area (Å²) >= 11 is 0. The summed E-state index contributed by atoms with van der Waals surface area (Å²) in [5.74, 6) is 1.92. The zero-order chi connectivity index (χ0) is 19.1. The van der Waals surface area contributed by atoms with E-state index in [4.69, 9.17) is 0 Å². The van der Waals surface area contributed by atoms with Gasteiger partial charge in [-0.3, -0.25) is 4.68 Å². The lowest BCUT2D eigenvalue weighted by Gasteiger charge is -2.34. The predicted octanol–water partition coefficient (Wildman–Crippen LogP) is 2.80. The second-order valence-electron chi connectivity index (χ2n) is 8.41. The highest BCUT2D eigenvalue weighted by Gasteiger charge is 2.21. The molecule has 2 rings (SSSR count). The van der Waals surface area contributed by atoms with Crippen molar-refractivity contribution in [3.8, 4) is 0 Å². The standard InChI is InChI=1S/C20H37N5O/c1-15-9-16(2)13-24(12-15)8-6-7-21-20(26)22-11-17(3)14-25-19(5)10-18(4)23-25/h10,15-17H,6-9,11-14H2,1-5H3,(H2,21,22,26)/t15-,16+,17-/m0/s1. The summed E-state index contributed by atoms with van der Waals surface area (Å²) in [6, 6.07) is 2.02. The Hall–Kier alpha value is -1.56. The number of carbonyl (C=O) groups is 1. The molecule has 1 aliphatic heterocycles. The lowest BCUT2D eigenvalue weighted by Crippen LogP contribution is -2.42. The summed E-state index contributed by atoms with van der Waals surface area (Å²) in [4.78, 5) is 14.5. The van der Waals surface area contributed by atoms with Crippen LogP contribution in [0.2, 0.25) is 0 Å².